The molecule has 0 heterocycles. The van der Waals surface area contributed by atoms with Crippen molar-refractivity contribution in [1.82, 2.24) is 0 Å². The van der Waals surface area contributed by atoms with Crippen molar-refractivity contribution in [2.75, 3.05) is 0 Å². The summed E-state index contributed by atoms with van der Waals surface area (Å²) in [5.41, 5.74) is 0. The van der Waals surface area contributed by atoms with E-state index < -0.39 is 14.5 Å². The van der Waals surface area contributed by atoms with Crippen molar-refractivity contribution < 1.29 is 12.2 Å². The van der Waals surface area contributed by atoms with Crippen LogP contribution in [0.15, 0.2) is 0 Å². The molecule has 0 aliphatic carbocycles. The van der Waals surface area contributed by atoms with Gasteiger partial charge in [0.1, 0.15) is 0 Å². The van der Waals surface area contributed by atoms with Gasteiger partial charge in [-0.15, -0.1) is 0 Å². The first-order valence-electron chi connectivity index (χ1n) is 0.532. The molecule has 3 nitrogen and oxygen atoms in total. The number of rotatable bonds is 0. The van der Waals surface area contributed by atoms with Gasteiger partial charge in [-0.2, -0.15) is 0 Å². The summed E-state index contributed by atoms with van der Waals surface area (Å²) < 4.78 is 23.1. The summed E-state index contributed by atoms with van der Waals surface area (Å²) in [6.45, 7) is 0. The van der Waals surface area contributed by atoms with Crippen LogP contribution in [0.1, 0.15) is 0 Å². The second kappa shape index (κ2) is 11.3. The van der Waals surface area contributed by atoms with Crippen molar-refractivity contribution in [3.63, 3.8) is 0 Å². The third-order valence-electron chi connectivity index (χ3n) is 0. The molecule has 6 heteroatoms. The minimum atomic E-state index is -3.29. The Morgan fingerprint density at radius 1 is 1.17 bits per heavy atom. The third-order valence-corrected chi connectivity index (χ3v) is 0. The molecule has 0 aliphatic heterocycles. The zero-order valence-corrected chi connectivity index (χ0v) is 11.7. The first-order valence-corrected chi connectivity index (χ1v) is 2.76. The van der Waals surface area contributed by atoms with E-state index in [0.717, 1.165) is 0 Å². The Balaban J connectivity index is -0.0000000450. The molecule has 0 atom stereocenters. The summed E-state index contributed by atoms with van der Waals surface area (Å²) in [6, 6.07) is 0. The predicted octanol–water partition coefficient (Wildman–Crippen LogP) is -2.38. The van der Waals surface area contributed by atoms with E-state index in [1.54, 1.807) is 0 Å². The van der Waals surface area contributed by atoms with Crippen LogP contribution in [0.3, 0.4) is 0 Å². The summed E-state index contributed by atoms with van der Waals surface area (Å²) in [5, 5.41) is 0. The van der Waals surface area contributed by atoms with Crippen LogP contribution >= 0.6 is 0 Å². The number of hydrogen-bond donors (Lipinski definition) is 2. The molecule has 0 saturated carbocycles. The van der Waals surface area contributed by atoms with E-state index in [0.29, 0.717) is 0 Å². The van der Waals surface area contributed by atoms with Gasteiger partial charge < -0.3 is 0 Å². The predicted molar refractivity (Wildman–Crippen MR) is 22.4 cm³/mol. The second-order valence-corrected chi connectivity index (χ2v) is 1.20. The zero-order valence-electron chi connectivity index (χ0n) is 3.71. The van der Waals surface area contributed by atoms with Crippen LogP contribution in [0.2, 0.25) is 0 Å². The van der Waals surface area contributed by atoms with E-state index in [2.05, 4.69) is 0 Å². The molecule has 0 aliphatic rings. The van der Waals surface area contributed by atoms with Crippen molar-refractivity contribution in [1.29, 1.82) is 0 Å². The standard InChI is InChI=1S/2K.H2O3Se/c;;1-4(2)3/h;;(H2,1,2,3). The smallest absolute Gasteiger partial charge is 0 e. The largest absolute Gasteiger partial charge is 0 e. The average molecular weight is 207 g/mol. The summed E-state index contributed by atoms with van der Waals surface area (Å²) >= 11 is -3.29. The van der Waals surface area contributed by atoms with Gasteiger partial charge in [-0.25, -0.2) is 0 Å². The van der Waals surface area contributed by atoms with Crippen molar-refractivity contribution in [3.05, 3.63) is 0 Å². The van der Waals surface area contributed by atoms with E-state index >= 15 is 0 Å². The molecule has 2 radical (unpaired) electrons. The van der Waals surface area contributed by atoms with Crippen molar-refractivity contribution in [2.24, 2.45) is 0 Å². The minimum Gasteiger partial charge on any atom is 0 e. The maximum atomic E-state index is 8.76. The maximum Gasteiger partial charge on any atom is 0 e. The molecule has 0 bridgehead atoms. The summed E-state index contributed by atoms with van der Waals surface area (Å²) in [6.07, 6.45) is 0. The van der Waals surface area contributed by atoms with E-state index in [1.165, 1.54) is 0 Å². The normalized spacial score (nSPS) is 5.83. The van der Waals surface area contributed by atoms with Crippen LogP contribution in [0.5, 0.6) is 0 Å². The molecule has 0 spiro atoms. The average Bonchev–Trinajstić information content (AvgIpc) is 0.811. The second-order valence-electron chi connectivity index (χ2n) is 0.231. The molecular weight excluding hydrogens is 205 g/mol. The van der Waals surface area contributed by atoms with Crippen LogP contribution in [0.4, 0.5) is 0 Å². The fraction of sp³-hybridized carbons (Fsp3) is 0. The molecule has 6 heavy (non-hydrogen) atoms. The van der Waals surface area contributed by atoms with Crippen LogP contribution < -0.4 is 0 Å². The van der Waals surface area contributed by atoms with E-state index in [-0.39, 0.29) is 103 Å². The third kappa shape index (κ3) is 25.8. The topological polar surface area (TPSA) is 57.5 Å². The van der Waals surface area contributed by atoms with Gasteiger partial charge in [-0.05, 0) is 0 Å². The van der Waals surface area contributed by atoms with Crippen LogP contribution in [0, 0.1) is 0 Å². The van der Waals surface area contributed by atoms with Crippen LogP contribution in [0.25, 0.3) is 0 Å². The molecule has 0 rings (SSSR count). The fourth-order valence-corrected chi connectivity index (χ4v) is 0. The Kier molecular flexibility index (Phi) is 30.7. The van der Waals surface area contributed by atoms with Crippen LogP contribution in [-0.4, -0.2) is 126 Å². The van der Waals surface area contributed by atoms with Gasteiger partial charge >= 0.3 is 26.7 Å². The first kappa shape index (κ1) is 16.3. The molecule has 0 aromatic carbocycles. The van der Waals surface area contributed by atoms with Crippen molar-refractivity contribution >= 4 is 117 Å². The Bertz CT molecular complexity index is 31.8. The number of hydrogen-bond acceptors (Lipinski definition) is 1. The monoisotopic (exact) mass is 208 g/mol. The molecule has 0 amide bonds. The Labute approximate surface area is 125 Å². The Morgan fingerprint density at radius 2 is 1.17 bits per heavy atom. The molecule has 0 saturated heterocycles. The Morgan fingerprint density at radius 3 is 1.17 bits per heavy atom. The van der Waals surface area contributed by atoms with Crippen molar-refractivity contribution in [3.8, 4) is 0 Å². The minimum absolute atomic E-state index is 0. The maximum absolute atomic E-state index is 8.76. The molecule has 2 N–H and O–H groups in total. The molecular formula is H2K2O3Se. The molecule has 0 fully saturated rings. The van der Waals surface area contributed by atoms with Gasteiger partial charge in [0.2, 0.25) is 0 Å². The first-order chi connectivity index (χ1) is 1.73. The van der Waals surface area contributed by atoms with E-state index in [1.807, 2.05) is 0 Å². The quantitative estimate of drug-likeness (QED) is 0.436. The van der Waals surface area contributed by atoms with Gasteiger partial charge in [0.15, 0.2) is 0 Å². The van der Waals surface area contributed by atoms with Gasteiger partial charge in [0.05, 0.1) is 0 Å². The molecule has 0 aromatic heterocycles. The summed E-state index contributed by atoms with van der Waals surface area (Å²) in [4.78, 5) is 0. The Hall–Kier alpha value is 3.51. The summed E-state index contributed by atoms with van der Waals surface area (Å²) in [5.74, 6) is 0. The summed E-state index contributed by atoms with van der Waals surface area (Å²) in [7, 11) is 0. The van der Waals surface area contributed by atoms with Gasteiger partial charge in [0.25, 0.3) is 0 Å². The van der Waals surface area contributed by atoms with Gasteiger partial charge in [-0.3, -0.25) is 0 Å². The van der Waals surface area contributed by atoms with Gasteiger partial charge in [0, 0.05) is 103 Å². The fourth-order valence-electron chi connectivity index (χ4n) is 0. The van der Waals surface area contributed by atoms with Crippen molar-refractivity contribution in [2.45, 2.75) is 0 Å². The van der Waals surface area contributed by atoms with E-state index in [9.17, 15) is 0 Å². The molecule has 0 unspecified atom stereocenters. The van der Waals surface area contributed by atoms with E-state index in [4.69, 9.17) is 12.2 Å². The SMILES string of the molecule is O=[Se](O)O.[K].[K]. The molecule has 28 valence electrons. The van der Waals surface area contributed by atoms with Crippen LogP contribution in [-0.2, 0) is 3.83 Å². The molecule has 0 aromatic rings. The van der Waals surface area contributed by atoms with Gasteiger partial charge in [-0.1, -0.05) is 0 Å². The zero-order chi connectivity index (χ0) is 3.58.